The summed E-state index contributed by atoms with van der Waals surface area (Å²) in [6.45, 7) is 7.09. The summed E-state index contributed by atoms with van der Waals surface area (Å²) in [6.07, 6.45) is 4.50. The van der Waals surface area contributed by atoms with E-state index in [1.165, 1.54) is 12.4 Å². The Balaban J connectivity index is 1.39. The highest BCUT2D eigenvalue weighted by atomic mass is 16.5. The number of benzene rings is 2. The zero-order chi connectivity index (χ0) is 27.5. The molecule has 0 aliphatic carbocycles. The number of rotatable bonds is 7. The van der Waals surface area contributed by atoms with Crippen molar-refractivity contribution in [2.75, 3.05) is 25.9 Å². The van der Waals surface area contributed by atoms with Crippen molar-refractivity contribution in [3.05, 3.63) is 78.1 Å². The Labute approximate surface area is 226 Å². The number of hydrogen-bond acceptors (Lipinski definition) is 7. The van der Waals surface area contributed by atoms with E-state index in [9.17, 15) is 9.59 Å². The molecule has 2 amide bonds. The molecule has 3 heterocycles. The maximum Gasteiger partial charge on any atom is 0.255 e. The summed E-state index contributed by atoms with van der Waals surface area (Å²) < 4.78 is 7.28. The van der Waals surface area contributed by atoms with E-state index in [-0.39, 0.29) is 17.9 Å². The molecule has 1 saturated heterocycles. The van der Waals surface area contributed by atoms with Crippen LogP contribution in [0.5, 0.6) is 5.75 Å². The smallest absolute Gasteiger partial charge is 0.255 e. The number of nitrogens with two attached hydrogens (primary N) is 1. The van der Waals surface area contributed by atoms with Gasteiger partial charge in [-0.3, -0.25) is 9.59 Å². The number of para-hydroxylation sites is 1. The van der Waals surface area contributed by atoms with E-state index < -0.39 is 0 Å². The molecular formula is C29H31N7O3. The van der Waals surface area contributed by atoms with Crippen LogP contribution in [0.2, 0.25) is 0 Å². The number of amides is 2. The van der Waals surface area contributed by atoms with Crippen molar-refractivity contribution in [2.24, 2.45) is 0 Å². The molecule has 1 fully saturated rings. The second-order valence-electron chi connectivity index (χ2n) is 9.57. The quantitative estimate of drug-likeness (QED) is 0.352. The Morgan fingerprint density at radius 1 is 1.21 bits per heavy atom. The van der Waals surface area contributed by atoms with Crippen molar-refractivity contribution in [2.45, 2.75) is 32.4 Å². The number of nitrogen functional groups attached to an aromatic ring is 1. The lowest BCUT2D eigenvalue weighted by Gasteiger charge is -2.32. The molecule has 1 aliphatic heterocycles. The summed E-state index contributed by atoms with van der Waals surface area (Å²) >= 11 is 0. The van der Waals surface area contributed by atoms with Crippen molar-refractivity contribution >= 4 is 28.7 Å². The number of carbonyl (C=O) groups is 2. The summed E-state index contributed by atoms with van der Waals surface area (Å²) in [7, 11) is 1.56. The minimum atomic E-state index is -0.203. The van der Waals surface area contributed by atoms with Gasteiger partial charge in [-0.15, -0.1) is 0 Å². The third-order valence-corrected chi connectivity index (χ3v) is 7.09. The van der Waals surface area contributed by atoms with Gasteiger partial charge in [0, 0.05) is 25.2 Å². The largest absolute Gasteiger partial charge is 0.496 e. The van der Waals surface area contributed by atoms with E-state index in [1.807, 2.05) is 48.0 Å². The molecule has 39 heavy (non-hydrogen) atoms. The normalized spacial score (nSPS) is 15.2. The van der Waals surface area contributed by atoms with Crippen LogP contribution in [0.1, 0.15) is 40.4 Å². The van der Waals surface area contributed by atoms with Gasteiger partial charge in [0.25, 0.3) is 5.91 Å². The lowest BCUT2D eigenvalue weighted by molar-refractivity contribution is -0.127. The molecule has 1 atom stereocenters. The molecule has 10 nitrogen and oxygen atoms in total. The number of nitrogens with zero attached hydrogens (tertiary/aromatic N) is 5. The number of nitrogens with one attached hydrogen (secondary N) is 1. The number of likely N-dealkylation sites (tertiary alicyclic amines) is 1. The summed E-state index contributed by atoms with van der Waals surface area (Å²) in [5, 5.41) is 8.56. The predicted molar refractivity (Wildman–Crippen MR) is 149 cm³/mol. The molecule has 200 valence electrons. The molecular weight excluding hydrogens is 494 g/mol. The van der Waals surface area contributed by atoms with Crippen LogP contribution in [-0.4, -0.2) is 56.7 Å². The first-order chi connectivity index (χ1) is 18.9. The van der Waals surface area contributed by atoms with Crippen LogP contribution in [0.3, 0.4) is 0 Å². The van der Waals surface area contributed by atoms with E-state index in [1.54, 1.807) is 18.1 Å². The van der Waals surface area contributed by atoms with Gasteiger partial charge in [0.05, 0.1) is 24.1 Å². The second kappa shape index (κ2) is 10.9. The Morgan fingerprint density at radius 3 is 2.74 bits per heavy atom. The maximum absolute atomic E-state index is 12.8. The number of aromatic nitrogens is 4. The van der Waals surface area contributed by atoms with Gasteiger partial charge in [-0.05, 0) is 43.0 Å². The molecule has 0 spiro atoms. The number of anilines is 1. The van der Waals surface area contributed by atoms with Gasteiger partial charge < -0.3 is 20.7 Å². The summed E-state index contributed by atoms with van der Waals surface area (Å²) in [6, 6.07) is 13.2. The first kappa shape index (κ1) is 25.9. The van der Waals surface area contributed by atoms with E-state index in [0.29, 0.717) is 53.5 Å². The van der Waals surface area contributed by atoms with Gasteiger partial charge in [-0.2, -0.15) is 5.10 Å². The maximum atomic E-state index is 12.8. The van der Waals surface area contributed by atoms with Crippen molar-refractivity contribution in [1.82, 2.24) is 30.0 Å². The van der Waals surface area contributed by atoms with Gasteiger partial charge in [0.15, 0.2) is 5.65 Å². The summed E-state index contributed by atoms with van der Waals surface area (Å²) in [5.41, 5.74) is 10.8. The number of piperidine rings is 1. The van der Waals surface area contributed by atoms with Crippen molar-refractivity contribution in [3.63, 3.8) is 0 Å². The van der Waals surface area contributed by atoms with Gasteiger partial charge in [0.1, 0.15) is 23.6 Å². The fraction of sp³-hybridized carbons (Fsp3) is 0.276. The number of carbonyl (C=O) groups excluding carboxylic acids is 2. The molecule has 2 aromatic heterocycles. The van der Waals surface area contributed by atoms with Gasteiger partial charge in [-0.25, -0.2) is 14.6 Å². The highest BCUT2D eigenvalue weighted by Gasteiger charge is 2.28. The fourth-order valence-corrected chi connectivity index (χ4v) is 5.10. The lowest BCUT2D eigenvalue weighted by atomic mass is 10.1. The molecule has 0 bridgehead atoms. The van der Waals surface area contributed by atoms with E-state index in [4.69, 9.17) is 15.6 Å². The SMILES string of the molecule is C=CC(=O)N1CCCC(n2nc(-c3ccc(CNC(=O)c4cccc(C)c4OC)cc3)c3c(N)ncnc32)C1. The van der Waals surface area contributed by atoms with Gasteiger partial charge in [-0.1, -0.05) is 43.0 Å². The van der Waals surface area contributed by atoms with Crippen molar-refractivity contribution in [1.29, 1.82) is 0 Å². The Hall–Kier alpha value is -4.73. The molecule has 0 saturated carbocycles. The van der Waals surface area contributed by atoms with E-state index in [2.05, 4.69) is 21.9 Å². The molecule has 1 aliphatic rings. The Kier molecular flexibility index (Phi) is 7.27. The van der Waals surface area contributed by atoms with Crippen LogP contribution < -0.4 is 15.8 Å². The third-order valence-electron chi connectivity index (χ3n) is 7.09. The lowest BCUT2D eigenvalue weighted by Crippen LogP contribution is -2.40. The van der Waals surface area contributed by atoms with Crippen LogP contribution in [-0.2, 0) is 11.3 Å². The molecule has 0 radical (unpaired) electrons. The first-order valence-electron chi connectivity index (χ1n) is 12.8. The van der Waals surface area contributed by atoms with Crippen molar-refractivity contribution < 1.29 is 14.3 Å². The number of hydrogen-bond donors (Lipinski definition) is 2. The van der Waals surface area contributed by atoms with E-state index >= 15 is 0 Å². The molecule has 4 aromatic rings. The topological polar surface area (TPSA) is 128 Å². The Morgan fingerprint density at radius 2 is 2.00 bits per heavy atom. The average Bonchev–Trinajstić information content (AvgIpc) is 3.36. The highest BCUT2D eigenvalue weighted by molar-refractivity contribution is 5.98. The van der Waals surface area contributed by atoms with Gasteiger partial charge in [0.2, 0.25) is 5.91 Å². The van der Waals surface area contributed by atoms with Crippen LogP contribution in [0.15, 0.2) is 61.4 Å². The minimum Gasteiger partial charge on any atom is -0.496 e. The molecule has 3 N–H and O–H groups in total. The number of ether oxygens (including phenoxy) is 1. The predicted octanol–water partition coefficient (Wildman–Crippen LogP) is 3.67. The zero-order valence-electron chi connectivity index (χ0n) is 22.1. The monoisotopic (exact) mass is 525 g/mol. The number of aryl methyl sites for hydroxylation is 1. The van der Waals surface area contributed by atoms with Crippen LogP contribution in [0, 0.1) is 6.92 Å². The zero-order valence-corrected chi connectivity index (χ0v) is 22.1. The van der Waals surface area contributed by atoms with Gasteiger partial charge >= 0.3 is 0 Å². The van der Waals surface area contributed by atoms with Crippen LogP contribution in [0.4, 0.5) is 5.82 Å². The Bertz CT molecular complexity index is 1540. The molecule has 10 heteroatoms. The van der Waals surface area contributed by atoms with Crippen LogP contribution >= 0.6 is 0 Å². The fourth-order valence-electron chi connectivity index (χ4n) is 5.10. The number of methoxy groups -OCH3 is 1. The number of fused-ring (bicyclic) bond motifs is 1. The second-order valence-corrected chi connectivity index (χ2v) is 9.57. The van der Waals surface area contributed by atoms with Crippen molar-refractivity contribution in [3.8, 4) is 17.0 Å². The first-order valence-corrected chi connectivity index (χ1v) is 12.8. The van der Waals surface area contributed by atoms with Crippen LogP contribution in [0.25, 0.3) is 22.3 Å². The average molecular weight is 526 g/mol. The standard InChI is InChI=1S/C29H31N7O3/c1-4-23(37)35-14-6-8-21(16-35)36-28-24(27(30)32-17-33-28)25(34-36)20-12-10-19(11-13-20)15-31-29(38)22-9-5-7-18(2)26(22)39-3/h4-5,7,9-13,17,21H,1,6,8,14-16H2,2-3H3,(H,31,38)(H2,30,32,33). The minimum absolute atomic E-state index is 0.0405. The molecule has 2 aromatic carbocycles. The summed E-state index contributed by atoms with van der Waals surface area (Å²) in [4.78, 5) is 35.5. The molecule has 1 unspecified atom stereocenters. The highest BCUT2D eigenvalue weighted by Crippen LogP contribution is 2.34. The summed E-state index contributed by atoms with van der Waals surface area (Å²) in [5.74, 6) is 0.627. The molecule has 5 rings (SSSR count). The third kappa shape index (κ3) is 5.05. The van der Waals surface area contributed by atoms with E-state index in [0.717, 1.165) is 29.5 Å².